The van der Waals surface area contributed by atoms with Crippen LogP contribution in [0, 0.1) is 6.92 Å². The number of alkyl halides is 3. The Morgan fingerprint density at radius 2 is 1.59 bits per heavy atom. The van der Waals surface area contributed by atoms with Crippen molar-refractivity contribution in [2.24, 2.45) is 0 Å². The average Bonchev–Trinajstić information content (AvgIpc) is 2.97. The summed E-state index contributed by atoms with van der Waals surface area (Å²) in [5.41, 5.74) is 2.89. The standard InChI is InChI=1S/C22H20F3N3O4/c1-14-3-2-4-15(11-14)16-5-6-17-18(12-16)20(30)28(19(17)29)32-21(31)27-9-7-26(8-10-27)13-22(23,24)25/h2-6,11-12H,7-10,13H2,1H3. The summed E-state index contributed by atoms with van der Waals surface area (Å²) in [7, 11) is 0. The zero-order valence-corrected chi connectivity index (χ0v) is 17.2. The van der Waals surface area contributed by atoms with Crippen LogP contribution < -0.4 is 0 Å². The molecule has 0 saturated carbocycles. The van der Waals surface area contributed by atoms with Crippen LogP contribution in [0.15, 0.2) is 42.5 Å². The summed E-state index contributed by atoms with van der Waals surface area (Å²) >= 11 is 0. The fraction of sp³-hybridized carbons (Fsp3) is 0.318. The molecule has 168 valence electrons. The van der Waals surface area contributed by atoms with Gasteiger partial charge in [-0.3, -0.25) is 14.5 Å². The first-order valence-corrected chi connectivity index (χ1v) is 9.98. The van der Waals surface area contributed by atoms with Crippen LogP contribution >= 0.6 is 0 Å². The quantitative estimate of drug-likeness (QED) is 0.674. The fourth-order valence-corrected chi connectivity index (χ4v) is 3.78. The van der Waals surface area contributed by atoms with E-state index in [2.05, 4.69) is 0 Å². The number of hydrogen-bond donors (Lipinski definition) is 0. The summed E-state index contributed by atoms with van der Waals surface area (Å²) < 4.78 is 37.5. The van der Waals surface area contributed by atoms with Crippen molar-refractivity contribution >= 4 is 17.9 Å². The summed E-state index contributed by atoms with van der Waals surface area (Å²) in [6.45, 7) is 0.894. The molecule has 0 N–H and O–H groups in total. The smallest absolute Gasteiger partial charge is 0.310 e. The van der Waals surface area contributed by atoms with Crippen molar-refractivity contribution in [1.82, 2.24) is 14.9 Å². The molecule has 4 rings (SSSR count). The van der Waals surface area contributed by atoms with Gasteiger partial charge in [0.05, 0.1) is 17.7 Å². The van der Waals surface area contributed by atoms with E-state index in [4.69, 9.17) is 4.84 Å². The van der Waals surface area contributed by atoms with Crippen molar-refractivity contribution in [1.29, 1.82) is 0 Å². The Kier molecular flexibility index (Phi) is 5.64. The van der Waals surface area contributed by atoms with Gasteiger partial charge in [0.2, 0.25) is 0 Å². The number of piperazine rings is 1. The predicted octanol–water partition coefficient (Wildman–Crippen LogP) is 3.49. The molecule has 2 aliphatic heterocycles. The van der Waals surface area contributed by atoms with E-state index in [0.717, 1.165) is 16.7 Å². The number of fused-ring (bicyclic) bond motifs is 1. The number of hydrogen-bond acceptors (Lipinski definition) is 5. The molecule has 1 saturated heterocycles. The van der Waals surface area contributed by atoms with Gasteiger partial charge in [-0.25, -0.2) is 4.79 Å². The molecule has 0 unspecified atom stereocenters. The minimum Gasteiger partial charge on any atom is -0.310 e. The minimum atomic E-state index is -4.32. The number of rotatable bonds is 3. The Hall–Kier alpha value is -3.40. The first kappa shape index (κ1) is 21.8. The molecular weight excluding hydrogens is 427 g/mol. The maximum atomic E-state index is 12.8. The van der Waals surface area contributed by atoms with Crippen molar-refractivity contribution in [2.45, 2.75) is 13.1 Å². The lowest BCUT2D eigenvalue weighted by Crippen LogP contribution is -2.52. The molecule has 10 heteroatoms. The molecule has 7 nitrogen and oxygen atoms in total. The highest BCUT2D eigenvalue weighted by molar-refractivity contribution is 6.21. The highest BCUT2D eigenvalue weighted by atomic mass is 19.4. The molecule has 0 atom stereocenters. The third-order valence-corrected chi connectivity index (χ3v) is 5.40. The first-order chi connectivity index (χ1) is 15.1. The van der Waals surface area contributed by atoms with E-state index in [-0.39, 0.29) is 37.3 Å². The molecule has 0 bridgehead atoms. The van der Waals surface area contributed by atoms with Gasteiger partial charge >= 0.3 is 12.3 Å². The van der Waals surface area contributed by atoms with Crippen LogP contribution in [-0.4, -0.2) is 71.7 Å². The van der Waals surface area contributed by atoms with Gasteiger partial charge in [0.25, 0.3) is 11.8 Å². The summed E-state index contributed by atoms with van der Waals surface area (Å²) in [5.74, 6) is -1.52. The Morgan fingerprint density at radius 1 is 0.938 bits per heavy atom. The van der Waals surface area contributed by atoms with Gasteiger partial charge < -0.3 is 9.74 Å². The molecule has 2 heterocycles. The lowest BCUT2D eigenvalue weighted by molar-refractivity contribution is -0.149. The van der Waals surface area contributed by atoms with E-state index < -0.39 is 30.6 Å². The number of imide groups is 1. The van der Waals surface area contributed by atoms with E-state index in [0.29, 0.717) is 5.06 Å². The topological polar surface area (TPSA) is 70.2 Å². The molecule has 0 aromatic heterocycles. The number of aryl methyl sites for hydroxylation is 1. The predicted molar refractivity (Wildman–Crippen MR) is 108 cm³/mol. The molecule has 0 aliphatic carbocycles. The van der Waals surface area contributed by atoms with Crippen molar-refractivity contribution in [2.75, 3.05) is 32.7 Å². The zero-order valence-electron chi connectivity index (χ0n) is 17.2. The summed E-state index contributed by atoms with van der Waals surface area (Å²) in [4.78, 5) is 45.2. The minimum absolute atomic E-state index is 0.00438. The van der Waals surface area contributed by atoms with Crippen LogP contribution in [0.3, 0.4) is 0 Å². The molecule has 0 spiro atoms. The molecular formula is C22H20F3N3O4. The van der Waals surface area contributed by atoms with Gasteiger partial charge in [-0.2, -0.15) is 13.2 Å². The van der Waals surface area contributed by atoms with Crippen LogP contribution in [0.25, 0.3) is 11.1 Å². The average molecular weight is 447 g/mol. The maximum Gasteiger partial charge on any atom is 0.434 e. The number of hydroxylamine groups is 2. The highest BCUT2D eigenvalue weighted by Gasteiger charge is 2.40. The Balaban J connectivity index is 1.43. The van der Waals surface area contributed by atoms with Crippen molar-refractivity contribution in [3.63, 3.8) is 0 Å². The first-order valence-electron chi connectivity index (χ1n) is 9.98. The van der Waals surface area contributed by atoms with Crippen LogP contribution in [0.2, 0.25) is 0 Å². The Bertz CT molecular complexity index is 1080. The second-order valence-electron chi connectivity index (χ2n) is 7.77. The second kappa shape index (κ2) is 8.27. The number of amides is 3. The normalized spacial score (nSPS) is 17.0. The Morgan fingerprint density at radius 3 is 2.25 bits per heavy atom. The van der Waals surface area contributed by atoms with E-state index >= 15 is 0 Å². The number of carbonyl (C=O) groups excluding carboxylic acids is 3. The van der Waals surface area contributed by atoms with E-state index in [9.17, 15) is 27.6 Å². The second-order valence-corrected chi connectivity index (χ2v) is 7.77. The lowest BCUT2D eigenvalue weighted by atomic mass is 9.99. The highest BCUT2D eigenvalue weighted by Crippen LogP contribution is 2.29. The van der Waals surface area contributed by atoms with Gasteiger partial charge in [0, 0.05) is 26.2 Å². The number of halogens is 3. The molecule has 2 aliphatic rings. The van der Waals surface area contributed by atoms with Gasteiger partial charge in [-0.05, 0) is 30.2 Å². The van der Waals surface area contributed by atoms with Crippen molar-refractivity contribution < 1.29 is 32.4 Å². The van der Waals surface area contributed by atoms with Crippen LogP contribution in [-0.2, 0) is 4.84 Å². The Labute approximate surface area is 181 Å². The van der Waals surface area contributed by atoms with Crippen LogP contribution in [0.5, 0.6) is 0 Å². The van der Waals surface area contributed by atoms with Gasteiger partial charge in [0.15, 0.2) is 0 Å². The van der Waals surface area contributed by atoms with Gasteiger partial charge in [0.1, 0.15) is 0 Å². The lowest BCUT2D eigenvalue weighted by Gasteiger charge is -2.34. The van der Waals surface area contributed by atoms with Gasteiger partial charge in [-0.15, -0.1) is 0 Å². The third kappa shape index (κ3) is 4.45. The maximum absolute atomic E-state index is 12.8. The van der Waals surface area contributed by atoms with E-state index in [1.54, 1.807) is 12.1 Å². The number of benzene rings is 2. The third-order valence-electron chi connectivity index (χ3n) is 5.40. The monoisotopic (exact) mass is 447 g/mol. The molecule has 1 fully saturated rings. The summed E-state index contributed by atoms with van der Waals surface area (Å²) in [6.07, 6.45) is -5.27. The van der Waals surface area contributed by atoms with Crippen LogP contribution in [0.4, 0.5) is 18.0 Å². The molecule has 2 aromatic carbocycles. The molecule has 3 amide bonds. The largest absolute Gasteiger partial charge is 0.434 e. The molecule has 0 radical (unpaired) electrons. The number of nitrogens with zero attached hydrogens (tertiary/aromatic N) is 3. The number of carbonyl (C=O) groups is 3. The van der Waals surface area contributed by atoms with Crippen molar-refractivity contribution in [3.8, 4) is 11.1 Å². The summed E-state index contributed by atoms with van der Waals surface area (Å²) in [6, 6.07) is 12.4. The fourth-order valence-electron chi connectivity index (χ4n) is 3.78. The molecule has 2 aromatic rings. The van der Waals surface area contributed by atoms with Crippen LogP contribution in [0.1, 0.15) is 26.3 Å². The van der Waals surface area contributed by atoms with Crippen molar-refractivity contribution in [3.05, 3.63) is 59.2 Å². The SMILES string of the molecule is Cc1cccc(-c2ccc3c(c2)C(=O)N(OC(=O)N2CCN(CC(F)(F)F)CC2)C3=O)c1. The van der Waals surface area contributed by atoms with E-state index in [1.165, 1.54) is 15.9 Å². The van der Waals surface area contributed by atoms with E-state index in [1.807, 2.05) is 31.2 Å². The summed E-state index contributed by atoms with van der Waals surface area (Å²) in [5, 5.41) is 0.412. The zero-order chi connectivity index (χ0) is 23.0. The molecule has 32 heavy (non-hydrogen) atoms. The van der Waals surface area contributed by atoms with Gasteiger partial charge in [-0.1, -0.05) is 41.0 Å².